The molecule has 0 unspecified atom stereocenters. The third kappa shape index (κ3) is 3.16. The van der Waals surface area contributed by atoms with Crippen LogP contribution in [0.15, 0.2) is 17.0 Å². The second-order valence-electron chi connectivity index (χ2n) is 5.72. The molecule has 1 aliphatic heterocycles. The molecule has 0 saturated heterocycles. The summed E-state index contributed by atoms with van der Waals surface area (Å²) in [4.78, 5) is 0.289. The fraction of sp³-hybridized carbons (Fsp3) is 0.600. The molecule has 21 heavy (non-hydrogen) atoms. The Morgan fingerprint density at radius 3 is 2.33 bits per heavy atom. The summed E-state index contributed by atoms with van der Waals surface area (Å²) < 4.78 is 39.0. The number of hydrogen-bond acceptors (Lipinski definition) is 4. The third-order valence-electron chi connectivity index (χ3n) is 4.06. The van der Waals surface area contributed by atoms with Crippen molar-refractivity contribution in [2.24, 2.45) is 0 Å². The van der Waals surface area contributed by atoms with Crippen LogP contribution >= 0.6 is 0 Å². The highest BCUT2D eigenvalue weighted by Gasteiger charge is 2.25. The quantitative estimate of drug-likeness (QED) is 0.931. The summed E-state index contributed by atoms with van der Waals surface area (Å²) >= 11 is 0. The van der Waals surface area contributed by atoms with Crippen molar-refractivity contribution in [3.8, 4) is 11.5 Å². The molecule has 1 saturated carbocycles. The Morgan fingerprint density at radius 2 is 1.67 bits per heavy atom. The zero-order chi connectivity index (χ0) is 14.9. The Hall–Kier alpha value is -1.27. The maximum atomic E-state index is 12.6. The monoisotopic (exact) mass is 311 g/mol. The van der Waals surface area contributed by atoms with E-state index in [0.717, 1.165) is 25.7 Å². The number of fused-ring (bicyclic) bond motifs is 1. The van der Waals surface area contributed by atoms with E-state index in [0.29, 0.717) is 30.3 Å². The Labute approximate surface area is 125 Å². The molecule has 1 N–H and O–H groups in total. The number of hydrogen-bond donors (Lipinski definition) is 1. The smallest absolute Gasteiger partial charge is 0.241 e. The molecule has 0 bridgehead atoms. The highest BCUT2D eigenvalue weighted by Crippen LogP contribution is 2.35. The first kappa shape index (κ1) is 14.7. The van der Waals surface area contributed by atoms with E-state index in [1.54, 1.807) is 19.1 Å². The van der Waals surface area contributed by atoms with E-state index in [-0.39, 0.29) is 10.9 Å². The van der Waals surface area contributed by atoms with E-state index >= 15 is 0 Å². The number of aryl methyl sites for hydroxylation is 1. The maximum Gasteiger partial charge on any atom is 0.241 e. The van der Waals surface area contributed by atoms with Gasteiger partial charge in [0.2, 0.25) is 10.0 Å². The van der Waals surface area contributed by atoms with Crippen LogP contribution in [-0.2, 0) is 10.0 Å². The van der Waals surface area contributed by atoms with Crippen LogP contribution in [0.2, 0.25) is 0 Å². The summed E-state index contributed by atoms with van der Waals surface area (Å²) in [5.41, 5.74) is 0.683. The van der Waals surface area contributed by atoms with Crippen LogP contribution < -0.4 is 14.2 Å². The minimum Gasteiger partial charge on any atom is -0.486 e. The molecule has 5 nitrogen and oxygen atoms in total. The normalized spacial score (nSPS) is 19.5. The Bertz CT molecular complexity index is 621. The zero-order valence-electron chi connectivity index (χ0n) is 12.2. The van der Waals surface area contributed by atoms with Gasteiger partial charge in [-0.1, -0.05) is 19.3 Å². The van der Waals surface area contributed by atoms with Crippen LogP contribution in [0.1, 0.15) is 37.7 Å². The predicted molar refractivity (Wildman–Crippen MR) is 79.4 cm³/mol. The molecule has 6 heteroatoms. The molecule has 0 spiro atoms. The molecule has 1 aromatic carbocycles. The highest BCUT2D eigenvalue weighted by molar-refractivity contribution is 7.89. The van der Waals surface area contributed by atoms with Crippen molar-refractivity contribution in [2.75, 3.05) is 13.2 Å². The van der Waals surface area contributed by atoms with Gasteiger partial charge in [-0.2, -0.15) is 0 Å². The average molecular weight is 311 g/mol. The van der Waals surface area contributed by atoms with Crippen LogP contribution in [0.25, 0.3) is 0 Å². The Kier molecular flexibility index (Phi) is 4.08. The summed E-state index contributed by atoms with van der Waals surface area (Å²) in [6.07, 6.45) is 5.22. The van der Waals surface area contributed by atoms with E-state index in [2.05, 4.69) is 4.72 Å². The van der Waals surface area contributed by atoms with Gasteiger partial charge in [0.1, 0.15) is 13.2 Å². The minimum atomic E-state index is -3.51. The first-order valence-corrected chi connectivity index (χ1v) is 8.97. The van der Waals surface area contributed by atoms with E-state index in [1.165, 1.54) is 6.42 Å². The van der Waals surface area contributed by atoms with Crippen molar-refractivity contribution in [3.05, 3.63) is 17.7 Å². The van der Waals surface area contributed by atoms with Gasteiger partial charge in [0.05, 0.1) is 4.90 Å². The van der Waals surface area contributed by atoms with Crippen molar-refractivity contribution in [3.63, 3.8) is 0 Å². The topological polar surface area (TPSA) is 64.6 Å². The number of nitrogens with one attached hydrogen (secondary N) is 1. The van der Waals surface area contributed by atoms with Crippen LogP contribution in [0.3, 0.4) is 0 Å². The molecular formula is C15H21NO4S. The molecular weight excluding hydrogens is 290 g/mol. The van der Waals surface area contributed by atoms with Crippen LogP contribution in [0.4, 0.5) is 0 Å². The van der Waals surface area contributed by atoms with Gasteiger partial charge < -0.3 is 9.47 Å². The zero-order valence-corrected chi connectivity index (χ0v) is 13.0. The van der Waals surface area contributed by atoms with E-state index in [4.69, 9.17) is 9.47 Å². The van der Waals surface area contributed by atoms with Crippen molar-refractivity contribution in [1.29, 1.82) is 0 Å². The lowest BCUT2D eigenvalue weighted by Gasteiger charge is -2.24. The second-order valence-corrected chi connectivity index (χ2v) is 7.40. The van der Waals surface area contributed by atoms with Gasteiger partial charge in [-0.3, -0.25) is 0 Å². The fourth-order valence-corrected chi connectivity index (χ4v) is 4.51. The number of ether oxygens (including phenoxy) is 2. The first-order chi connectivity index (χ1) is 10.1. The second kappa shape index (κ2) is 5.85. The van der Waals surface area contributed by atoms with Gasteiger partial charge in [0.25, 0.3) is 0 Å². The number of sulfonamides is 1. The number of rotatable bonds is 3. The lowest BCUT2D eigenvalue weighted by molar-refractivity contribution is 0.171. The molecule has 0 amide bonds. The van der Waals surface area contributed by atoms with Crippen molar-refractivity contribution in [2.45, 2.75) is 50.0 Å². The lowest BCUT2D eigenvalue weighted by Crippen LogP contribution is -2.36. The van der Waals surface area contributed by atoms with Gasteiger partial charge >= 0.3 is 0 Å². The van der Waals surface area contributed by atoms with Gasteiger partial charge in [0.15, 0.2) is 11.5 Å². The molecule has 1 fully saturated rings. The molecule has 0 atom stereocenters. The van der Waals surface area contributed by atoms with Gasteiger partial charge in [-0.25, -0.2) is 13.1 Å². The molecule has 0 radical (unpaired) electrons. The molecule has 1 aromatic rings. The molecule has 1 aliphatic carbocycles. The summed E-state index contributed by atoms with van der Waals surface area (Å²) in [5.74, 6) is 1.13. The predicted octanol–water partition coefficient (Wildman–Crippen LogP) is 2.38. The molecule has 2 aliphatic rings. The van der Waals surface area contributed by atoms with Crippen molar-refractivity contribution in [1.82, 2.24) is 4.72 Å². The van der Waals surface area contributed by atoms with Crippen LogP contribution in [0, 0.1) is 6.92 Å². The number of benzene rings is 1. The van der Waals surface area contributed by atoms with E-state index in [9.17, 15) is 8.42 Å². The van der Waals surface area contributed by atoms with Crippen LogP contribution in [-0.4, -0.2) is 27.7 Å². The van der Waals surface area contributed by atoms with E-state index in [1.807, 2.05) is 0 Å². The summed E-state index contributed by atoms with van der Waals surface area (Å²) in [7, 11) is -3.51. The summed E-state index contributed by atoms with van der Waals surface area (Å²) in [6.45, 7) is 2.73. The van der Waals surface area contributed by atoms with Crippen molar-refractivity contribution < 1.29 is 17.9 Å². The summed E-state index contributed by atoms with van der Waals surface area (Å²) in [5, 5.41) is 0. The third-order valence-corrected chi connectivity index (χ3v) is 5.72. The van der Waals surface area contributed by atoms with Gasteiger partial charge in [-0.05, 0) is 31.4 Å². The fourth-order valence-electron chi connectivity index (χ4n) is 2.96. The van der Waals surface area contributed by atoms with Gasteiger partial charge in [-0.15, -0.1) is 0 Å². The largest absolute Gasteiger partial charge is 0.486 e. The molecule has 1 heterocycles. The Balaban J connectivity index is 1.87. The molecule has 0 aromatic heterocycles. The standard InChI is InChI=1S/C15H21NO4S/c1-11-9-13-14(20-8-7-19-13)10-15(11)21(17,18)16-12-5-3-2-4-6-12/h9-10,12,16H,2-8H2,1H3. The average Bonchev–Trinajstić information content (AvgIpc) is 2.47. The first-order valence-electron chi connectivity index (χ1n) is 7.49. The Morgan fingerprint density at radius 1 is 1.05 bits per heavy atom. The maximum absolute atomic E-state index is 12.6. The van der Waals surface area contributed by atoms with Crippen LogP contribution in [0.5, 0.6) is 11.5 Å². The van der Waals surface area contributed by atoms with E-state index < -0.39 is 10.0 Å². The minimum absolute atomic E-state index is 0.0522. The summed E-state index contributed by atoms with van der Waals surface area (Å²) in [6, 6.07) is 3.37. The molecule has 116 valence electrons. The van der Waals surface area contributed by atoms with Crippen molar-refractivity contribution >= 4 is 10.0 Å². The molecule has 3 rings (SSSR count). The lowest BCUT2D eigenvalue weighted by atomic mass is 9.96. The highest BCUT2D eigenvalue weighted by atomic mass is 32.2. The van der Waals surface area contributed by atoms with Gasteiger partial charge in [0, 0.05) is 12.1 Å². The SMILES string of the molecule is Cc1cc2c(cc1S(=O)(=O)NC1CCCCC1)OCCO2.